The molecule has 11 rings (SSSR count). The third kappa shape index (κ3) is 5.76. The summed E-state index contributed by atoms with van der Waals surface area (Å²) in [6, 6.07) is 35.1. The number of hydrogen-bond donors (Lipinski definition) is 4. The number of nitrogens with one attached hydrogen (secondary N) is 2. The number of hydrogen-bond acceptors (Lipinski definition) is 4. The van der Waals surface area contributed by atoms with Crippen molar-refractivity contribution in [1.29, 1.82) is 0 Å². The highest BCUT2D eigenvalue weighted by molar-refractivity contribution is 5.94. The van der Waals surface area contributed by atoms with Crippen molar-refractivity contribution in [3.8, 4) is 39.8 Å². The Hall–Kier alpha value is -6.42. The van der Waals surface area contributed by atoms with E-state index >= 15 is 0 Å². The summed E-state index contributed by atoms with van der Waals surface area (Å²) in [4.78, 5) is 17.9. The van der Waals surface area contributed by atoms with Gasteiger partial charge in [-0.15, -0.1) is 0 Å². The molecule has 8 bridgehead atoms. The number of phenols is 1. The average Bonchev–Trinajstić information content (AvgIpc) is 4.10. The monoisotopic (exact) mass is 756 g/mol. The third-order valence-electron chi connectivity index (χ3n) is 13.8. The van der Waals surface area contributed by atoms with Crippen LogP contribution in [0.5, 0.6) is 5.75 Å². The van der Waals surface area contributed by atoms with Crippen LogP contribution in [0.3, 0.4) is 0 Å². The molecule has 3 aromatic carbocycles. The lowest BCUT2D eigenvalue weighted by Crippen LogP contribution is -2.44. The summed E-state index contributed by atoms with van der Waals surface area (Å²) in [7, 11) is 0. The van der Waals surface area contributed by atoms with E-state index in [0.717, 1.165) is 117 Å². The molecular weight excluding hydrogens is 713 g/mol. The SMILES string of the molecule is C[C@]12CC[C@@H]3c4c(C#Cc5c6nc(c(-c7ccccc7)c7ccc(cc8nc(c(-c9ccccc9)c9ccc5[nH]9)C=C8)[nH]7)C=C6)cc(O)cc4CC[C@H]3[C@@H]1CC[C@H]2O. The van der Waals surface area contributed by atoms with E-state index in [-0.39, 0.29) is 17.3 Å². The molecule has 2 fully saturated rings. The number of fused-ring (bicyclic) bond motifs is 13. The predicted octanol–water partition coefficient (Wildman–Crippen LogP) is 11.3. The largest absolute Gasteiger partial charge is 0.508 e. The molecule has 6 aromatic rings. The molecule has 0 unspecified atom stereocenters. The highest BCUT2D eigenvalue weighted by Crippen LogP contribution is 2.61. The summed E-state index contributed by atoms with van der Waals surface area (Å²) in [6.07, 6.45) is 14.1. The van der Waals surface area contributed by atoms with Gasteiger partial charge in [0.05, 0.1) is 40.0 Å². The number of H-pyrrole nitrogens is 2. The van der Waals surface area contributed by atoms with Crippen LogP contribution in [0.1, 0.15) is 90.0 Å². The first-order valence-electron chi connectivity index (χ1n) is 20.7. The Kier molecular flexibility index (Phi) is 8.17. The minimum absolute atomic E-state index is 0.0157. The van der Waals surface area contributed by atoms with Crippen LogP contribution in [0.2, 0.25) is 0 Å². The zero-order valence-electron chi connectivity index (χ0n) is 32.5. The molecule has 0 radical (unpaired) electrons. The Labute approximate surface area is 338 Å². The van der Waals surface area contributed by atoms with E-state index in [1.165, 1.54) is 11.1 Å². The Bertz CT molecular complexity index is 2890. The Balaban J connectivity index is 1.17. The number of rotatable bonds is 2. The van der Waals surface area contributed by atoms with Crippen LogP contribution < -0.4 is 0 Å². The maximum absolute atomic E-state index is 11.1. The lowest BCUT2D eigenvalue weighted by atomic mass is 9.55. The van der Waals surface area contributed by atoms with Gasteiger partial charge in [-0.3, -0.25) is 0 Å². The first kappa shape index (κ1) is 34.8. The van der Waals surface area contributed by atoms with E-state index in [1.54, 1.807) is 0 Å². The van der Waals surface area contributed by atoms with Crippen molar-refractivity contribution in [3.05, 3.63) is 148 Å². The van der Waals surface area contributed by atoms with Gasteiger partial charge in [0.25, 0.3) is 0 Å². The average molecular weight is 757 g/mol. The first-order chi connectivity index (χ1) is 28.4. The van der Waals surface area contributed by atoms with Gasteiger partial charge >= 0.3 is 0 Å². The fourth-order valence-electron chi connectivity index (χ4n) is 11.0. The molecule has 0 amide bonds. The van der Waals surface area contributed by atoms with Crippen molar-refractivity contribution >= 4 is 46.4 Å². The van der Waals surface area contributed by atoms with Gasteiger partial charge in [-0.25, -0.2) is 9.97 Å². The van der Waals surface area contributed by atoms with Gasteiger partial charge in [0.2, 0.25) is 0 Å². The zero-order valence-corrected chi connectivity index (χ0v) is 32.5. The number of benzene rings is 3. The third-order valence-corrected chi connectivity index (χ3v) is 13.8. The molecule has 0 spiro atoms. The molecule has 6 nitrogen and oxygen atoms in total. The van der Waals surface area contributed by atoms with Crippen molar-refractivity contribution in [3.63, 3.8) is 0 Å². The second-order valence-corrected chi connectivity index (χ2v) is 17.0. The van der Waals surface area contributed by atoms with Crippen LogP contribution in [0, 0.1) is 29.1 Å². The van der Waals surface area contributed by atoms with Gasteiger partial charge in [-0.1, -0.05) is 79.4 Å². The quantitative estimate of drug-likeness (QED) is 0.132. The van der Waals surface area contributed by atoms with Crippen LogP contribution in [0.15, 0.2) is 103 Å². The first-order valence-corrected chi connectivity index (χ1v) is 20.7. The Morgan fingerprint density at radius 2 is 1.36 bits per heavy atom. The number of nitrogens with zero attached hydrogens (tertiary/aromatic N) is 2. The Morgan fingerprint density at radius 3 is 2.16 bits per heavy atom. The molecule has 0 saturated heterocycles. The zero-order chi connectivity index (χ0) is 39.0. The van der Waals surface area contributed by atoms with Crippen LogP contribution in [-0.4, -0.2) is 36.3 Å². The maximum atomic E-state index is 11.1. The summed E-state index contributed by atoms with van der Waals surface area (Å²) in [5.41, 5.74) is 15.4. The number of aromatic nitrogens is 4. The van der Waals surface area contributed by atoms with Crippen molar-refractivity contribution < 1.29 is 10.2 Å². The molecule has 3 aliphatic carbocycles. The number of aromatic amines is 2. The van der Waals surface area contributed by atoms with Gasteiger partial charge in [0, 0.05) is 33.2 Å². The van der Waals surface area contributed by atoms with E-state index in [2.05, 4.69) is 132 Å². The lowest BCUT2D eigenvalue weighted by molar-refractivity contribution is -0.0226. The van der Waals surface area contributed by atoms with Crippen LogP contribution in [0.4, 0.5) is 0 Å². The molecule has 284 valence electrons. The van der Waals surface area contributed by atoms with Crippen molar-refractivity contribution in [2.45, 2.75) is 57.5 Å². The molecule has 4 N–H and O–H groups in total. The van der Waals surface area contributed by atoms with Crippen LogP contribution >= 0.6 is 0 Å². The van der Waals surface area contributed by atoms with Crippen molar-refractivity contribution in [1.82, 2.24) is 19.9 Å². The van der Waals surface area contributed by atoms with Gasteiger partial charge in [0.15, 0.2) is 0 Å². The highest BCUT2D eigenvalue weighted by Gasteiger charge is 2.54. The predicted molar refractivity (Wildman–Crippen MR) is 234 cm³/mol. The summed E-state index contributed by atoms with van der Waals surface area (Å²) in [6.45, 7) is 2.32. The highest BCUT2D eigenvalue weighted by atomic mass is 16.3. The van der Waals surface area contributed by atoms with Crippen LogP contribution in [0.25, 0.3) is 68.6 Å². The summed E-state index contributed by atoms with van der Waals surface area (Å²) in [5, 5.41) is 22.2. The topological polar surface area (TPSA) is 97.8 Å². The smallest absolute Gasteiger partial charge is 0.117 e. The minimum Gasteiger partial charge on any atom is -0.508 e. The number of aromatic hydroxyl groups is 1. The lowest BCUT2D eigenvalue weighted by Gasteiger charge is -2.50. The molecule has 5 heterocycles. The van der Waals surface area contributed by atoms with Crippen molar-refractivity contribution in [2.24, 2.45) is 17.3 Å². The van der Waals surface area contributed by atoms with Gasteiger partial charge in [-0.05, 0) is 151 Å². The molecule has 3 aromatic heterocycles. The van der Waals surface area contributed by atoms with Gasteiger partial charge in [0.1, 0.15) is 5.75 Å². The molecule has 58 heavy (non-hydrogen) atoms. The van der Waals surface area contributed by atoms with E-state index in [1.807, 2.05) is 24.3 Å². The molecule has 5 aliphatic rings. The van der Waals surface area contributed by atoms with E-state index in [4.69, 9.17) is 9.97 Å². The van der Waals surface area contributed by atoms with Gasteiger partial charge in [-0.2, -0.15) is 0 Å². The van der Waals surface area contributed by atoms with Crippen molar-refractivity contribution in [2.75, 3.05) is 0 Å². The maximum Gasteiger partial charge on any atom is 0.117 e. The summed E-state index contributed by atoms with van der Waals surface area (Å²) in [5.74, 6) is 8.91. The molecule has 2 aliphatic heterocycles. The van der Waals surface area contributed by atoms with E-state index < -0.39 is 0 Å². The number of phenolic OH excluding ortho intramolecular Hbond substituents is 1. The number of aliphatic hydroxyl groups is 1. The van der Waals surface area contributed by atoms with Gasteiger partial charge < -0.3 is 20.2 Å². The normalized spacial score (nSPS) is 22.8. The second kappa shape index (κ2) is 13.6. The second-order valence-electron chi connectivity index (χ2n) is 17.0. The van der Waals surface area contributed by atoms with E-state index in [9.17, 15) is 10.2 Å². The molecule has 6 heteroatoms. The molecule has 5 atom stereocenters. The fourth-order valence-corrected chi connectivity index (χ4v) is 11.0. The Morgan fingerprint density at radius 1 is 0.672 bits per heavy atom. The number of aryl methyl sites for hydroxylation is 1. The fraction of sp³-hybridized carbons (Fsp3) is 0.231. The minimum atomic E-state index is -0.222. The standard InChI is InChI=1S/C52H44N4O2/c1-52-27-26-39-38(41(52)18-25-48(52)58)16-12-33-28-37(57)29-34(49(33)39)13-17-40-42-21-23-46(55-42)50(31-8-4-2-5-9-31)44-19-14-35(53-44)30-36-15-20-45(54-36)51(32-10-6-3-7-11-32)47-24-22-43(40)56-47/h2-11,14-15,19-24,28-30,38-39,41,48,53,56-58H,12,16,18,25-27H2,1H3/t38-,39+,41+,48-,52+/m1/s1. The summed E-state index contributed by atoms with van der Waals surface area (Å²) >= 11 is 0. The molecular formula is C52H44N4O2. The summed E-state index contributed by atoms with van der Waals surface area (Å²) < 4.78 is 0. The number of aliphatic hydroxyl groups excluding tert-OH is 1. The van der Waals surface area contributed by atoms with Crippen LogP contribution in [-0.2, 0) is 6.42 Å². The van der Waals surface area contributed by atoms with E-state index in [0.29, 0.717) is 17.8 Å². The molecule has 2 saturated carbocycles.